The SMILES string of the molecule is CSC1=CC(C)=NC(=O)C1CNC(=O)c1cc(Cl)c2c(c1C)O[C@](C)(C1CCN(C(=O)C3CC(F)(F)C3)CC1)O2. The largest absolute Gasteiger partial charge is 0.448 e. The molecule has 40 heavy (non-hydrogen) atoms. The second-order valence-electron chi connectivity index (χ2n) is 11.1. The maximum absolute atomic E-state index is 13.2. The van der Waals surface area contributed by atoms with Gasteiger partial charge in [-0.05, 0) is 45.1 Å². The number of hydrogen-bond donors (Lipinski definition) is 1. The summed E-state index contributed by atoms with van der Waals surface area (Å²) in [6.45, 7) is 6.28. The predicted octanol–water partition coefficient (Wildman–Crippen LogP) is 5.01. The standard InChI is InChI=1S/C28H32ClF2N3O5S/c1-14-9-21(40-4)19(25(36)33-14)13-32-24(35)18-10-20(29)23-22(15(18)2)38-27(3,39-23)17-5-7-34(8-6-17)26(37)16-11-28(30,31)12-16/h9-10,16-17,19H,5-8,11-13H2,1-4H3,(H,32,35)/t19?,27-/m0/s1. The van der Waals surface area contributed by atoms with Crippen molar-refractivity contribution in [3.05, 3.63) is 33.2 Å². The summed E-state index contributed by atoms with van der Waals surface area (Å²) in [5.41, 5.74) is 1.51. The number of nitrogens with one attached hydrogen (secondary N) is 1. The molecule has 4 aliphatic rings. The number of nitrogens with zero attached hydrogens (tertiary/aromatic N) is 2. The van der Waals surface area contributed by atoms with Crippen LogP contribution in [0.3, 0.4) is 0 Å². The minimum absolute atomic E-state index is 0.0856. The highest BCUT2D eigenvalue weighted by atomic mass is 35.5. The van der Waals surface area contributed by atoms with E-state index in [2.05, 4.69) is 10.3 Å². The summed E-state index contributed by atoms with van der Waals surface area (Å²) in [6, 6.07) is 1.53. The number of aliphatic imine (C=N–C) groups is 1. The molecule has 1 aliphatic carbocycles. The fraction of sp³-hybridized carbons (Fsp3) is 0.571. The van der Waals surface area contributed by atoms with Crippen molar-refractivity contribution in [3.63, 3.8) is 0 Å². The number of amides is 3. The molecule has 0 aromatic heterocycles. The fourth-order valence-corrected chi connectivity index (χ4v) is 6.85. The topological polar surface area (TPSA) is 97.3 Å². The van der Waals surface area contributed by atoms with Gasteiger partial charge >= 0.3 is 0 Å². The van der Waals surface area contributed by atoms with E-state index in [0.29, 0.717) is 54.3 Å². The highest BCUT2D eigenvalue weighted by molar-refractivity contribution is 8.02. The van der Waals surface area contributed by atoms with Gasteiger partial charge in [0.05, 0.1) is 10.9 Å². The van der Waals surface area contributed by atoms with Crippen LogP contribution >= 0.6 is 23.4 Å². The quantitative estimate of drug-likeness (QED) is 0.496. The Morgan fingerprint density at radius 3 is 2.48 bits per heavy atom. The molecule has 0 bridgehead atoms. The van der Waals surface area contributed by atoms with Gasteiger partial charge in [0.2, 0.25) is 11.8 Å². The fourth-order valence-electron chi connectivity index (χ4n) is 5.86. The van der Waals surface area contributed by atoms with E-state index in [1.807, 2.05) is 19.3 Å². The molecule has 2 atom stereocenters. The third-order valence-corrected chi connectivity index (χ3v) is 9.42. The minimum Gasteiger partial charge on any atom is -0.448 e. The number of dihydropyridines is 1. The Morgan fingerprint density at radius 2 is 1.85 bits per heavy atom. The number of carbonyl (C=O) groups excluding carboxylic acids is 3. The number of rotatable bonds is 6. The normalized spacial score (nSPS) is 26.2. The smallest absolute Gasteiger partial charge is 0.255 e. The van der Waals surface area contributed by atoms with Crippen LogP contribution in [0.15, 0.2) is 22.0 Å². The summed E-state index contributed by atoms with van der Waals surface area (Å²) in [6.07, 6.45) is 4.12. The average Bonchev–Trinajstić information content (AvgIpc) is 3.27. The zero-order chi connectivity index (χ0) is 29.0. The van der Waals surface area contributed by atoms with E-state index in [1.165, 1.54) is 17.8 Å². The maximum Gasteiger partial charge on any atom is 0.255 e. The van der Waals surface area contributed by atoms with Crippen molar-refractivity contribution in [2.24, 2.45) is 22.7 Å². The van der Waals surface area contributed by atoms with E-state index in [9.17, 15) is 23.2 Å². The van der Waals surface area contributed by atoms with Crippen molar-refractivity contribution in [3.8, 4) is 11.5 Å². The summed E-state index contributed by atoms with van der Waals surface area (Å²) in [7, 11) is 0. The molecule has 1 saturated carbocycles. The Labute approximate surface area is 240 Å². The van der Waals surface area contributed by atoms with Gasteiger partial charge in [0.25, 0.3) is 17.6 Å². The van der Waals surface area contributed by atoms with Gasteiger partial charge in [-0.3, -0.25) is 14.4 Å². The molecule has 3 aliphatic heterocycles. The molecule has 3 amide bonds. The third-order valence-electron chi connectivity index (χ3n) is 8.26. The summed E-state index contributed by atoms with van der Waals surface area (Å²) in [5, 5.41) is 3.07. The molecule has 1 saturated heterocycles. The first kappa shape index (κ1) is 28.9. The third kappa shape index (κ3) is 5.34. The molecule has 0 radical (unpaired) electrons. The summed E-state index contributed by atoms with van der Waals surface area (Å²) >= 11 is 8.00. The van der Waals surface area contributed by atoms with Gasteiger partial charge in [-0.1, -0.05) is 11.6 Å². The van der Waals surface area contributed by atoms with Gasteiger partial charge in [-0.25, -0.2) is 13.8 Å². The number of piperidine rings is 1. The monoisotopic (exact) mass is 595 g/mol. The molecule has 2 fully saturated rings. The Bertz CT molecular complexity index is 1320. The van der Waals surface area contributed by atoms with Gasteiger partial charge in [0.15, 0.2) is 11.5 Å². The number of ether oxygens (including phenoxy) is 2. The van der Waals surface area contributed by atoms with Crippen LogP contribution in [0.4, 0.5) is 8.78 Å². The molecule has 1 aromatic rings. The van der Waals surface area contributed by atoms with E-state index in [1.54, 1.807) is 18.7 Å². The molecule has 3 heterocycles. The number of halogens is 3. The zero-order valence-electron chi connectivity index (χ0n) is 22.8. The van der Waals surface area contributed by atoms with Crippen LogP contribution in [-0.4, -0.2) is 65.9 Å². The Balaban J connectivity index is 1.24. The molecule has 1 N–H and O–H groups in total. The number of alkyl halides is 2. The van der Waals surface area contributed by atoms with Gasteiger partial charge in [0.1, 0.15) is 0 Å². The second-order valence-corrected chi connectivity index (χ2v) is 12.4. The molecule has 1 aromatic carbocycles. The highest BCUT2D eigenvalue weighted by Gasteiger charge is 2.51. The van der Waals surface area contributed by atoms with Crippen molar-refractivity contribution < 1.29 is 32.6 Å². The Morgan fingerprint density at radius 1 is 1.20 bits per heavy atom. The Kier molecular flexibility index (Phi) is 7.67. The van der Waals surface area contributed by atoms with Crippen molar-refractivity contribution in [1.82, 2.24) is 10.2 Å². The lowest BCUT2D eigenvalue weighted by Crippen LogP contribution is -2.52. The number of benzene rings is 1. The lowest BCUT2D eigenvalue weighted by atomic mass is 9.79. The van der Waals surface area contributed by atoms with Gasteiger partial charge in [-0.2, -0.15) is 0 Å². The van der Waals surface area contributed by atoms with Crippen LogP contribution in [0, 0.1) is 24.7 Å². The van der Waals surface area contributed by atoms with Crippen LogP contribution in [0.1, 0.15) is 55.5 Å². The first-order valence-electron chi connectivity index (χ1n) is 13.3. The first-order chi connectivity index (χ1) is 18.8. The number of hydrogen-bond acceptors (Lipinski definition) is 6. The maximum atomic E-state index is 13.2. The van der Waals surface area contributed by atoms with Gasteiger partial charge in [-0.15, -0.1) is 11.8 Å². The second kappa shape index (κ2) is 10.6. The van der Waals surface area contributed by atoms with Crippen LogP contribution in [0.5, 0.6) is 11.5 Å². The van der Waals surface area contributed by atoms with Gasteiger partial charge in [0, 0.05) is 73.0 Å². The number of likely N-dealkylation sites (tertiary alicyclic amines) is 1. The number of allylic oxidation sites excluding steroid dienone is 1. The molecule has 216 valence electrons. The number of carbonyl (C=O) groups is 3. The Hall–Kier alpha value is -2.66. The van der Waals surface area contributed by atoms with Crippen molar-refractivity contribution in [1.29, 1.82) is 0 Å². The lowest BCUT2D eigenvalue weighted by molar-refractivity contribution is -0.165. The van der Waals surface area contributed by atoms with Crippen LogP contribution in [0.25, 0.3) is 0 Å². The molecule has 12 heteroatoms. The van der Waals surface area contributed by atoms with E-state index >= 15 is 0 Å². The average molecular weight is 596 g/mol. The molecule has 8 nitrogen and oxygen atoms in total. The van der Waals surface area contributed by atoms with Crippen LogP contribution in [-0.2, 0) is 9.59 Å². The minimum atomic E-state index is -2.73. The summed E-state index contributed by atoms with van der Waals surface area (Å²) in [4.78, 5) is 44.8. The van der Waals surface area contributed by atoms with E-state index in [0.717, 1.165) is 4.91 Å². The van der Waals surface area contributed by atoms with Crippen LogP contribution in [0.2, 0.25) is 5.02 Å². The molecule has 1 unspecified atom stereocenters. The summed E-state index contributed by atoms with van der Waals surface area (Å²) < 4.78 is 39.0. The molecular weight excluding hydrogens is 564 g/mol. The molecule has 0 spiro atoms. The van der Waals surface area contributed by atoms with E-state index < -0.39 is 29.5 Å². The van der Waals surface area contributed by atoms with Crippen molar-refractivity contribution in [2.45, 2.75) is 58.2 Å². The molecule has 5 rings (SSSR count). The lowest BCUT2D eigenvalue weighted by Gasteiger charge is -2.42. The predicted molar refractivity (Wildman–Crippen MR) is 148 cm³/mol. The van der Waals surface area contributed by atoms with Crippen molar-refractivity contribution >= 4 is 46.8 Å². The van der Waals surface area contributed by atoms with Crippen molar-refractivity contribution in [2.75, 3.05) is 25.9 Å². The van der Waals surface area contributed by atoms with Gasteiger partial charge < -0.3 is 19.7 Å². The summed E-state index contributed by atoms with van der Waals surface area (Å²) in [5.74, 6) is -5.19. The number of thioether (sulfide) groups is 1. The zero-order valence-corrected chi connectivity index (χ0v) is 24.4. The number of fused-ring (bicyclic) bond motifs is 1. The van der Waals surface area contributed by atoms with Crippen LogP contribution < -0.4 is 14.8 Å². The molecular formula is C28H32ClF2N3O5S. The van der Waals surface area contributed by atoms with E-state index in [-0.39, 0.29) is 42.1 Å². The first-order valence-corrected chi connectivity index (χ1v) is 14.9. The highest BCUT2D eigenvalue weighted by Crippen LogP contribution is 2.51. The van der Waals surface area contributed by atoms with E-state index in [4.69, 9.17) is 21.1 Å².